The van der Waals surface area contributed by atoms with E-state index in [9.17, 15) is 0 Å². The molecule has 2 aromatic heterocycles. The van der Waals surface area contributed by atoms with Crippen LogP contribution < -0.4 is 5.32 Å². The minimum absolute atomic E-state index is 0.278. The Morgan fingerprint density at radius 3 is 1.36 bits per heavy atom. The Kier molecular flexibility index (Phi) is 7.52. The first kappa shape index (κ1) is 32.0. The second-order valence-electron chi connectivity index (χ2n) is 14.5. The molecule has 1 N–H and O–H groups in total. The van der Waals surface area contributed by atoms with Gasteiger partial charge in [0.25, 0.3) is 0 Å². The van der Waals surface area contributed by atoms with Crippen LogP contribution in [0.5, 0.6) is 0 Å². The number of hydrogen-bond acceptors (Lipinski definition) is 2. The van der Waals surface area contributed by atoms with Crippen LogP contribution in [0, 0.1) is 0 Å². The molecule has 0 saturated carbocycles. The summed E-state index contributed by atoms with van der Waals surface area (Å²) in [5.41, 5.74) is 14.4. The lowest BCUT2D eigenvalue weighted by Crippen LogP contribution is -2.25. The molecule has 0 aliphatic carbocycles. The lowest BCUT2D eigenvalue weighted by molar-refractivity contribution is 0.664. The predicted octanol–water partition coefficient (Wildman–Crippen LogP) is 12.7. The Morgan fingerprint density at radius 2 is 0.821 bits per heavy atom. The highest BCUT2D eigenvalue weighted by atomic mass is 15.1. The summed E-state index contributed by atoms with van der Waals surface area (Å²) in [5.74, 6) is 0. The lowest BCUT2D eigenvalue weighted by Gasteiger charge is -2.26. The number of para-hydroxylation sites is 4. The summed E-state index contributed by atoms with van der Waals surface area (Å²) in [4.78, 5) is 5.48. The van der Waals surface area contributed by atoms with Crippen LogP contribution in [-0.4, -0.2) is 14.8 Å². The molecule has 56 heavy (non-hydrogen) atoms. The van der Waals surface area contributed by atoms with E-state index in [4.69, 9.17) is 4.99 Å². The number of allylic oxidation sites excluding steroid dienone is 1. The number of benzene rings is 8. The van der Waals surface area contributed by atoms with E-state index in [-0.39, 0.29) is 6.17 Å². The summed E-state index contributed by atoms with van der Waals surface area (Å²) in [6.07, 6.45) is 1.95. The van der Waals surface area contributed by atoms with Gasteiger partial charge < -0.3 is 14.5 Å². The van der Waals surface area contributed by atoms with Crippen LogP contribution in [0.1, 0.15) is 22.9 Å². The van der Waals surface area contributed by atoms with Crippen LogP contribution >= 0.6 is 0 Å². The highest BCUT2D eigenvalue weighted by Gasteiger charge is 2.23. The molecule has 0 fully saturated rings. The van der Waals surface area contributed by atoms with Gasteiger partial charge in [-0.15, -0.1) is 0 Å². The zero-order valence-electron chi connectivity index (χ0n) is 30.5. The molecule has 4 heteroatoms. The molecule has 4 nitrogen and oxygen atoms in total. The number of nitrogens with zero attached hydrogens (tertiary/aromatic N) is 3. The van der Waals surface area contributed by atoms with E-state index in [0.717, 1.165) is 39.5 Å². The first-order valence-corrected chi connectivity index (χ1v) is 19.2. The smallest absolute Gasteiger partial charge is 0.145 e. The van der Waals surface area contributed by atoms with Gasteiger partial charge in [0, 0.05) is 44.2 Å². The van der Waals surface area contributed by atoms with Crippen molar-refractivity contribution in [3.63, 3.8) is 0 Å². The van der Waals surface area contributed by atoms with Crippen molar-refractivity contribution in [2.24, 2.45) is 4.99 Å². The maximum Gasteiger partial charge on any atom is 0.145 e. The number of nitrogens with one attached hydrogen (secondary N) is 1. The average Bonchev–Trinajstić information content (AvgIpc) is 3.80. The summed E-state index contributed by atoms with van der Waals surface area (Å²) in [6.45, 7) is 0. The van der Waals surface area contributed by atoms with Crippen molar-refractivity contribution < 1.29 is 0 Å². The third-order valence-electron chi connectivity index (χ3n) is 11.1. The van der Waals surface area contributed by atoms with Crippen molar-refractivity contribution >= 4 is 55.0 Å². The van der Waals surface area contributed by atoms with Crippen LogP contribution in [0.25, 0.3) is 71.8 Å². The lowest BCUT2D eigenvalue weighted by atomic mass is 9.98. The van der Waals surface area contributed by atoms with Gasteiger partial charge >= 0.3 is 0 Å². The third kappa shape index (κ3) is 5.34. The zero-order valence-corrected chi connectivity index (χ0v) is 30.5. The molecule has 1 unspecified atom stereocenters. The van der Waals surface area contributed by atoms with Crippen LogP contribution in [0.15, 0.2) is 211 Å². The van der Waals surface area contributed by atoms with Gasteiger partial charge in [0.15, 0.2) is 0 Å². The average molecular weight is 717 g/mol. The van der Waals surface area contributed by atoms with Gasteiger partial charge in [-0.3, -0.25) is 4.99 Å². The standard InChI is InChI=1S/C52H36N4/c1-3-16-35(17-4-1)37-20-15-21-38(30-37)46-34-47(54-52(53-46)36-18-5-2-6-19-36)39-31-40(55-48-26-11-7-22-42(48)43-23-8-12-27-49(43)55)33-41(32-39)56-50-28-13-9-24-44(50)45-25-10-14-29-51(45)56/h1-34,52-53H. The Bertz CT molecular complexity index is 2930. The van der Waals surface area contributed by atoms with Gasteiger partial charge in [-0.25, -0.2) is 0 Å². The summed E-state index contributed by atoms with van der Waals surface area (Å²) in [7, 11) is 0. The first-order valence-electron chi connectivity index (χ1n) is 19.2. The largest absolute Gasteiger partial charge is 0.360 e. The Labute approximate surface area is 324 Å². The van der Waals surface area contributed by atoms with Crippen molar-refractivity contribution in [2.75, 3.05) is 0 Å². The van der Waals surface area contributed by atoms with Crippen molar-refractivity contribution in [1.82, 2.24) is 14.5 Å². The van der Waals surface area contributed by atoms with Gasteiger partial charge in [-0.1, -0.05) is 152 Å². The van der Waals surface area contributed by atoms with E-state index >= 15 is 0 Å². The van der Waals surface area contributed by atoms with E-state index in [1.807, 2.05) is 0 Å². The fourth-order valence-corrected chi connectivity index (χ4v) is 8.55. The summed E-state index contributed by atoms with van der Waals surface area (Å²) in [5, 5.41) is 8.74. The highest BCUT2D eigenvalue weighted by molar-refractivity contribution is 6.15. The Balaban J connectivity index is 1.18. The van der Waals surface area contributed by atoms with Gasteiger partial charge in [-0.05, 0) is 76.9 Å². The van der Waals surface area contributed by atoms with E-state index in [1.54, 1.807) is 0 Å². The molecule has 0 bridgehead atoms. The van der Waals surface area contributed by atoms with Gasteiger partial charge in [0.1, 0.15) is 6.17 Å². The molecule has 1 atom stereocenters. The molecule has 0 radical (unpaired) electrons. The van der Waals surface area contributed by atoms with E-state index in [2.05, 4.69) is 221 Å². The van der Waals surface area contributed by atoms with E-state index < -0.39 is 0 Å². The Hall–Kier alpha value is -7.43. The highest BCUT2D eigenvalue weighted by Crippen LogP contribution is 2.37. The quantitative estimate of drug-likeness (QED) is 0.183. The second-order valence-corrected chi connectivity index (χ2v) is 14.5. The fourth-order valence-electron chi connectivity index (χ4n) is 8.55. The zero-order chi connectivity index (χ0) is 37.0. The topological polar surface area (TPSA) is 34.2 Å². The summed E-state index contributed by atoms with van der Waals surface area (Å²) < 4.78 is 4.83. The SMILES string of the molecule is C1=C(c2cccc(-c3ccccc3)c2)NC(c2ccccc2)N=C1c1cc(-n2c3ccccc3c3ccccc32)cc(-n2c3ccccc3c3ccccc32)c1. The summed E-state index contributed by atoms with van der Waals surface area (Å²) >= 11 is 0. The fraction of sp³-hybridized carbons (Fsp3) is 0.0192. The Morgan fingerprint density at radius 1 is 0.375 bits per heavy atom. The monoisotopic (exact) mass is 716 g/mol. The maximum absolute atomic E-state index is 5.48. The molecular weight excluding hydrogens is 681 g/mol. The molecule has 264 valence electrons. The van der Waals surface area contributed by atoms with Crippen molar-refractivity contribution in [3.8, 4) is 22.5 Å². The number of hydrogen-bond donors (Lipinski definition) is 1. The minimum Gasteiger partial charge on any atom is -0.360 e. The number of aromatic nitrogens is 2. The molecule has 0 spiro atoms. The predicted molar refractivity (Wildman–Crippen MR) is 234 cm³/mol. The number of aliphatic imine (C=N–C) groups is 1. The minimum atomic E-state index is -0.278. The number of fused-ring (bicyclic) bond motifs is 6. The van der Waals surface area contributed by atoms with Crippen molar-refractivity contribution in [2.45, 2.75) is 6.17 Å². The normalized spacial score (nSPS) is 14.2. The van der Waals surface area contributed by atoms with Crippen LogP contribution in [0.4, 0.5) is 0 Å². The molecule has 1 aliphatic heterocycles. The molecule has 0 saturated heterocycles. The first-order chi connectivity index (χ1) is 27.8. The third-order valence-corrected chi connectivity index (χ3v) is 11.1. The van der Waals surface area contributed by atoms with Crippen LogP contribution in [0.3, 0.4) is 0 Å². The summed E-state index contributed by atoms with van der Waals surface area (Å²) in [6, 6.07) is 71.8. The molecule has 11 rings (SSSR count). The van der Waals surface area contributed by atoms with E-state index in [1.165, 1.54) is 54.7 Å². The van der Waals surface area contributed by atoms with Gasteiger partial charge in [0.2, 0.25) is 0 Å². The molecule has 1 aliphatic rings. The second kappa shape index (κ2) is 13.2. The molecule has 8 aromatic carbocycles. The molecule has 10 aromatic rings. The van der Waals surface area contributed by atoms with Crippen LogP contribution in [0.2, 0.25) is 0 Å². The van der Waals surface area contributed by atoms with Crippen molar-refractivity contribution in [1.29, 1.82) is 0 Å². The molecular formula is C52H36N4. The van der Waals surface area contributed by atoms with Crippen molar-refractivity contribution in [3.05, 3.63) is 223 Å². The van der Waals surface area contributed by atoms with Gasteiger partial charge in [0.05, 0.1) is 27.8 Å². The van der Waals surface area contributed by atoms with Gasteiger partial charge in [-0.2, -0.15) is 0 Å². The van der Waals surface area contributed by atoms with Crippen LogP contribution in [-0.2, 0) is 0 Å². The number of rotatable bonds is 6. The van der Waals surface area contributed by atoms with E-state index in [0.29, 0.717) is 0 Å². The maximum atomic E-state index is 5.48. The molecule has 3 heterocycles. The molecule has 0 amide bonds.